The van der Waals surface area contributed by atoms with E-state index in [0.717, 1.165) is 0 Å². The summed E-state index contributed by atoms with van der Waals surface area (Å²) in [5.41, 5.74) is 24.3. The SMILES string of the molecule is CC1(C)c2ccccc2-c2ccc(N(c3cccc4c3-c3ccccc3C43c4ccccc4-c4ccccc43)c3ccc4cccc5c4c3-c3ccccc3-5)cc21. The van der Waals surface area contributed by atoms with Crippen LogP contribution in [-0.2, 0) is 10.8 Å². The van der Waals surface area contributed by atoms with Crippen molar-refractivity contribution in [1.82, 2.24) is 0 Å². The Kier molecular flexibility index (Phi) is 5.96. The van der Waals surface area contributed by atoms with E-state index in [0.29, 0.717) is 0 Å². The normalized spacial score (nSPS) is 14.8. The second-order valence-electron chi connectivity index (χ2n) is 16.7. The molecule has 4 aliphatic rings. The monoisotopic (exact) mass is 723 g/mol. The van der Waals surface area contributed by atoms with Crippen molar-refractivity contribution in [3.05, 3.63) is 221 Å². The summed E-state index contributed by atoms with van der Waals surface area (Å²) in [6.45, 7) is 4.78. The number of fused-ring (bicyclic) bond motifs is 16. The molecule has 266 valence electrons. The average Bonchev–Trinajstić information content (AvgIpc) is 3.94. The summed E-state index contributed by atoms with van der Waals surface area (Å²) in [7, 11) is 0. The second kappa shape index (κ2) is 10.9. The van der Waals surface area contributed by atoms with E-state index in [1.807, 2.05) is 0 Å². The van der Waals surface area contributed by atoms with E-state index in [9.17, 15) is 0 Å². The van der Waals surface area contributed by atoms with Gasteiger partial charge in [-0.3, -0.25) is 0 Å². The number of anilines is 3. The highest BCUT2D eigenvalue weighted by atomic mass is 15.1. The molecule has 0 bridgehead atoms. The fourth-order valence-electron chi connectivity index (χ4n) is 11.5. The second-order valence-corrected chi connectivity index (χ2v) is 16.7. The van der Waals surface area contributed by atoms with Gasteiger partial charge in [-0.25, -0.2) is 0 Å². The Balaban J connectivity index is 1.15. The molecule has 0 saturated carbocycles. The molecule has 0 aliphatic heterocycles. The van der Waals surface area contributed by atoms with Crippen LogP contribution in [0, 0.1) is 0 Å². The van der Waals surface area contributed by atoms with Gasteiger partial charge in [0.1, 0.15) is 0 Å². The summed E-state index contributed by atoms with van der Waals surface area (Å²) < 4.78 is 0. The molecule has 0 unspecified atom stereocenters. The Morgan fingerprint density at radius 1 is 0.333 bits per heavy atom. The van der Waals surface area contributed by atoms with Crippen LogP contribution in [0.4, 0.5) is 17.1 Å². The van der Waals surface area contributed by atoms with E-state index in [1.54, 1.807) is 0 Å². The van der Waals surface area contributed by atoms with Crippen molar-refractivity contribution in [2.75, 3.05) is 4.90 Å². The van der Waals surface area contributed by atoms with E-state index in [4.69, 9.17) is 0 Å². The van der Waals surface area contributed by atoms with Crippen LogP contribution in [0.3, 0.4) is 0 Å². The summed E-state index contributed by atoms with van der Waals surface area (Å²) in [4.78, 5) is 2.61. The van der Waals surface area contributed by atoms with Crippen molar-refractivity contribution in [3.63, 3.8) is 0 Å². The maximum absolute atomic E-state index is 2.61. The molecule has 0 radical (unpaired) electrons. The van der Waals surface area contributed by atoms with Gasteiger partial charge in [-0.2, -0.15) is 0 Å². The van der Waals surface area contributed by atoms with Gasteiger partial charge in [0.15, 0.2) is 0 Å². The van der Waals surface area contributed by atoms with Gasteiger partial charge in [0.2, 0.25) is 0 Å². The molecule has 1 heteroatoms. The highest BCUT2D eigenvalue weighted by molar-refractivity contribution is 6.20. The lowest BCUT2D eigenvalue weighted by atomic mass is 9.70. The number of hydrogen-bond acceptors (Lipinski definition) is 1. The lowest BCUT2D eigenvalue weighted by molar-refractivity contribution is 0.660. The summed E-state index contributed by atoms with van der Waals surface area (Å²) >= 11 is 0. The molecule has 9 aromatic carbocycles. The molecule has 1 nitrogen and oxygen atoms in total. The first kappa shape index (κ1) is 31.3. The topological polar surface area (TPSA) is 3.24 Å². The minimum atomic E-state index is -0.428. The molecule has 0 heterocycles. The van der Waals surface area contributed by atoms with E-state index < -0.39 is 5.41 Å². The van der Waals surface area contributed by atoms with Crippen LogP contribution in [0.1, 0.15) is 47.2 Å². The number of benzene rings is 9. The quantitative estimate of drug-likeness (QED) is 0.175. The molecule has 9 aromatic rings. The highest BCUT2D eigenvalue weighted by Gasteiger charge is 2.52. The van der Waals surface area contributed by atoms with Gasteiger partial charge in [0.25, 0.3) is 0 Å². The van der Waals surface area contributed by atoms with Gasteiger partial charge in [0.05, 0.1) is 16.8 Å². The van der Waals surface area contributed by atoms with Gasteiger partial charge >= 0.3 is 0 Å². The Morgan fingerprint density at radius 3 is 1.56 bits per heavy atom. The zero-order chi connectivity index (χ0) is 37.6. The third-order valence-corrected chi connectivity index (χ3v) is 13.8. The van der Waals surface area contributed by atoms with Crippen LogP contribution in [0.2, 0.25) is 0 Å². The minimum Gasteiger partial charge on any atom is -0.309 e. The van der Waals surface area contributed by atoms with E-state index >= 15 is 0 Å². The first-order valence-electron chi connectivity index (χ1n) is 20.2. The third kappa shape index (κ3) is 3.75. The molecule has 0 saturated heterocycles. The van der Waals surface area contributed by atoms with Gasteiger partial charge in [-0.1, -0.05) is 178 Å². The van der Waals surface area contributed by atoms with Crippen LogP contribution in [0.25, 0.3) is 66.4 Å². The van der Waals surface area contributed by atoms with E-state index in [2.05, 4.69) is 207 Å². The molecular weight excluding hydrogens is 687 g/mol. The predicted octanol–water partition coefficient (Wildman–Crippen LogP) is 14.6. The van der Waals surface area contributed by atoms with Crippen molar-refractivity contribution < 1.29 is 0 Å². The van der Waals surface area contributed by atoms with Crippen LogP contribution in [-0.4, -0.2) is 0 Å². The summed E-state index contributed by atoms with van der Waals surface area (Å²) in [6, 6.07) is 71.2. The first-order valence-corrected chi connectivity index (χ1v) is 20.2. The molecule has 0 amide bonds. The lowest BCUT2D eigenvalue weighted by Crippen LogP contribution is -2.26. The van der Waals surface area contributed by atoms with Crippen molar-refractivity contribution in [2.24, 2.45) is 0 Å². The van der Waals surface area contributed by atoms with Crippen LogP contribution >= 0.6 is 0 Å². The van der Waals surface area contributed by atoms with E-state index in [-0.39, 0.29) is 5.41 Å². The standard InChI is InChI=1S/C56H37N/c1-55(2)44-23-9-5-17-37(44)40-31-30-35(33-49(40)55)57(51-32-29-34-15-13-22-41-36-16-3-4-20-42(36)54(51)52(34)41)50-28-14-27-48-53(50)43-21-8-12-26-47(43)56(48)45-24-10-6-18-38(45)39-19-7-11-25-46(39)56/h3-33H,1-2H3. The number of nitrogens with zero attached hydrogens (tertiary/aromatic N) is 1. The summed E-state index contributed by atoms with van der Waals surface area (Å²) in [6.07, 6.45) is 0. The Labute approximate surface area is 333 Å². The molecule has 0 atom stereocenters. The van der Waals surface area contributed by atoms with Crippen molar-refractivity contribution in [2.45, 2.75) is 24.7 Å². The molecule has 13 rings (SSSR count). The van der Waals surface area contributed by atoms with Crippen LogP contribution in [0.15, 0.2) is 188 Å². The molecular formula is C56H37N. The fraction of sp³-hybridized carbons (Fsp3) is 0.0714. The molecule has 0 fully saturated rings. The van der Waals surface area contributed by atoms with Crippen molar-refractivity contribution >= 4 is 27.8 Å². The van der Waals surface area contributed by atoms with Gasteiger partial charge in [-0.05, 0) is 113 Å². The van der Waals surface area contributed by atoms with Gasteiger partial charge < -0.3 is 4.90 Å². The molecule has 4 aliphatic carbocycles. The Morgan fingerprint density at radius 2 is 0.842 bits per heavy atom. The maximum atomic E-state index is 2.61. The minimum absolute atomic E-state index is 0.139. The molecule has 1 spiro atoms. The van der Waals surface area contributed by atoms with Crippen molar-refractivity contribution in [1.29, 1.82) is 0 Å². The third-order valence-electron chi connectivity index (χ3n) is 13.8. The number of hydrogen-bond donors (Lipinski definition) is 0. The highest BCUT2D eigenvalue weighted by Crippen LogP contribution is 2.65. The van der Waals surface area contributed by atoms with Crippen LogP contribution < -0.4 is 4.90 Å². The lowest BCUT2D eigenvalue weighted by Gasteiger charge is -2.33. The summed E-state index contributed by atoms with van der Waals surface area (Å²) in [5, 5.41) is 2.60. The predicted molar refractivity (Wildman–Crippen MR) is 237 cm³/mol. The maximum Gasteiger partial charge on any atom is 0.0726 e. The van der Waals surface area contributed by atoms with Gasteiger partial charge in [0, 0.05) is 22.2 Å². The average molecular weight is 724 g/mol. The number of rotatable bonds is 3. The molecule has 0 N–H and O–H groups in total. The largest absolute Gasteiger partial charge is 0.309 e. The fourth-order valence-corrected chi connectivity index (χ4v) is 11.5. The summed E-state index contributed by atoms with van der Waals surface area (Å²) in [5.74, 6) is 0. The zero-order valence-electron chi connectivity index (χ0n) is 31.8. The molecule has 0 aromatic heterocycles. The smallest absolute Gasteiger partial charge is 0.0726 e. The Bertz CT molecular complexity index is 3190. The molecule has 57 heavy (non-hydrogen) atoms. The Hall–Kier alpha value is -6.96. The zero-order valence-corrected chi connectivity index (χ0v) is 31.8. The van der Waals surface area contributed by atoms with Gasteiger partial charge in [-0.15, -0.1) is 0 Å². The van der Waals surface area contributed by atoms with Crippen molar-refractivity contribution in [3.8, 4) is 55.6 Å². The van der Waals surface area contributed by atoms with Crippen LogP contribution in [0.5, 0.6) is 0 Å². The first-order chi connectivity index (χ1) is 28.1. The van der Waals surface area contributed by atoms with E-state index in [1.165, 1.54) is 117 Å².